The van der Waals surface area contributed by atoms with Crippen molar-refractivity contribution < 1.29 is 42.0 Å². The maximum absolute atomic E-state index is 13.6. The van der Waals surface area contributed by atoms with E-state index >= 15 is 0 Å². The molecule has 0 aromatic heterocycles. The van der Waals surface area contributed by atoms with Crippen LogP contribution in [-0.4, -0.2) is 33.5 Å². The summed E-state index contributed by atoms with van der Waals surface area (Å²) < 4.78 is 55.7. The van der Waals surface area contributed by atoms with E-state index < -0.39 is 51.4 Å². The number of hydrogen-bond donors (Lipinski definition) is 1. The zero-order valence-corrected chi connectivity index (χ0v) is 10.7. The minimum absolute atomic E-state index is 0.516. The molecular weight excluding hydrogens is 336 g/mol. The highest BCUT2D eigenvalue weighted by molar-refractivity contribution is 5.61. The maximum Gasteiger partial charge on any atom is 0.506 e. The normalized spacial score (nSPS) is 12.7. The lowest BCUT2D eigenvalue weighted by Gasteiger charge is -2.24. The van der Waals surface area contributed by atoms with Gasteiger partial charge < -0.3 is 9.84 Å². The second kappa shape index (κ2) is 6.41. The molecule has 1 rings (SSSR count). The highest BCUT2D eigenvalue weighted by Gasteiger charge is 2.56. The zero-order chi connectivity index (χ0) is 17.9. The van der Waals surface area contributed by atoms with Crippen molar-refractivity contribution in [3.63, 3.8) is 0 Å². The Bertz CT molecular complexity index is 620. The predicted molar refractivity (Wildman–Crippen MR) is 62.6 cm³/mol. The van der Waals surface area contributed by atoms with Crippen LogP contribution in [0.25, 0.3) is 0 Å². The Morgan fingerprint density at radius 3 is 1.91 bits per heavy atom. The SMILES string of the molecule is O=C(O)OC(c1c([N+](=O)[O-])cccc1[N+](=O)[O-])C(F)(F)C(F)F. The molecule has 1 atom stereocenters. The van der Waals surface area contributed by atoms with Crippen LogP contribution in [0.5, 0.6) is 0 Å². The van der Waals surface area contributed by atoms with Crippen LogP contribution in [0.15, 0.2) is 18.2 Å². The molecule has 0 amide bonds. The van der Waals surface area contributed by atoms with E-state index in [1.807, 2.05) is 0 Å². The summed E-state index contributed by atoms with van der Waals surface area (Å²) >= 11 is 0. The van der Waals surface area contributed by atoms with Gasteiger partial charge in [-0.25, -0.2) is 13.6 Å². The van der Waals surface area contributed by atoms with Gasteiger partial charge in [-0.05, 0) is 6.07 Å². The van der Waals surface area contributed by atoms with E-state index in [9.17, 15) is 42.6 Å². The van der Waals surface area contributed by atoms with Crippen LogP contribution in [0.4, 0.5) is 33.7 Å². The maximum atomic E-state index is 13.6. The van der Waals surface area contributed by atoms with Crippen LogP contribution >= 0.6 is 0 Å². The van der Waals surface area contributed by atoms with Crippen LogP contribution in [0.3, 0.4) is 0 Å². The van der Waals surface area contributed by atoms with Crippen LogP contribution in [-0.2, 0) is 4.74 Å². The number of benzene rings is 1. The Labute approximate surface area is 123 Å². The van der Waals surface area contributed by atoms with Gasteiger partial charge in [0.1, 0.15) is 0 Å². The second-order valence-electron chi connectivity index (χ2n) is 3.96. The monoisotopic (exact) mass is 342 g/mol. The summed E-state index contributed by atoms with van der Waals surface area (Å²) in [4.78, 5) is 29.4. The lowest BCUT2D eigenvalue weighted by Crippen LogP contribution is -2.37. The summed E-state index contributed by atoms with van der Waals surface area (Å²) in [6, 6.07) is 1.78. The lowest BCUT2D eigenvalue weighted by molar-refractivity contribution is -0.397. The highest BCUT2D eigenvalue weighted by atomic mass is 19.3. The molecule has 1 aromatic rings. The largest absolute Gasteiger partial charge is 0.506 e. The van der Waals surface area contributed by atoms with Crippen molar-refractivity contribution >= 4 is 17.5 Å². The summed E-state index contributed by atoms with van der Waals surface area (Å²) in [5.41, 5.74) is -4.29. The molecule has 0 aliphatic heterocycles. The molecule has 0 bridgehead atoms. The van der Waals surface area contributed by atoms with Gasteiger partial charge in [0.05, 0.1) is 9.85 Å². The Morgan fingerprint density at radius 2 is 1.61 bits per heavy atom. The van der Waals surface area contributed by atoms with Gasteiger partial charge >= 0.3 is 18.5 Å². The molecule has 0 fully saturated rings. The zero-order valence-electron chi connectivity index (χ0n) is 10.7. The number of carbonyl (C=O) groups is 1. The molecular formula is C10H6F4N2O7. The van der Waals surface area contributed by atoms with Crippen molar-refractivity contribution in [2.24, 2.45) is 0 Å². The van der Waals surface area contributed by atoms with E-state index in [1.54, 1.807) is 0 Å². The average molecular weight is 342 g/mol. The molecule has 126 valence electrons. The number of hydrogen-bond acceptors (Lipinski definition) is 6. The molecule has 9 nitrogen and oxygen atoms in total. The minimum atomic E-state index is -5.24. The average Bonchev–Trinajstić information content (AvgIpc) is 2.43. The third kappa shape index (κ3) is 3.61. The Balaban J connectivity index is 3.73. The van der Waals surface area contributed by atoms with E-state index in [0.29, 0.717) is 12.1 Å². The Hall–Kier alpha value is -2.99. The first-order valence-electron chi connectivity index (χ1n) is 5.47. The summed E-state index contributed by atoms with van der Waals surface area (Å²) in [5.74, 6) is -5.24. The van der Waals surface area contributed by atoms with Crippen molar-refractivity contribution in [2.45, 2.75) is 18.5 Å². The van der Waals surface area contributed by atoms with E-state index in [0.717, 1.165) is 6.07 Å². The molecule has 13 heteroatoms. The molecule has 0 radical (unpaired) electrons. The van der Waals surface area contributed by atoms with Gasteiger partial charge in [0.2, 0.25) is 6.10 Å². The van der Waals surface area contributed by atoms with E-state index in [-0.39, 0.29) is 0 Å². The number of nitro groups is 2. The van der Waals surface area contributed by atoms with Crippen molar-refractivity contribution in [1.29, 1.82) is 0 Å². The van der Waals surface area contributed by atoms with E-state index in [4.69, 9.17) is 5.11 Å². The molecule has 0 aliphatic carbocycles. The summed E-state index contributed by atoms with van der Waals surface area (Å²) in [7, 11) is 0. The summed E-state index contributed by atoms with van der Waals surface area (Å²) in [5, 5.41) is 30.1. The fourth-order valence-electron chi connectivity index (χ4n) is 1.67. The van der Waals surface area contributed by atoms with Crippen LogP contribution < -0.4 is 0 Å². The first kappa shape index (κ1) is 18.1. The van der Waals surface area contributed by atoms with Gasteiger partial charge in [-0.3, -0.25) is 20.2 Å². The van der Waals surface area contributed by atoms with Gasteiger partial charge in [0, 0.05) is 12.1 Å². The van der Waals surface area contributed by atoms with Gasteiger partial charge in [-0.15, -0.1) is 0 Å². The number of rotatable bonds is 6. The molecule has 1 aromatic carbocycles. The molecule has 23 heavy (non-hydrogen) atoms. The molecule has 1 N–H and O–H groups in total. The lowest BCUT2D eigenvalue weighted by atomic mass is 9.99. The standard InChI is InChI=1S/C10H6F4N2O7/c11-8(12)10(13,14)7(23-9(17)18)6-4(15(19)20)2-1-3-5(6)16(21)22/h1-3,7-8H,(H,17,18). The third-order valence-corrected chi connectivity index (χ3v) is 2.57. The third-order valence-electron chi connectivity index (χ3n) is 2.57. The highest BCUT2D eigenvalue weighted by Crippen LogP contribution is 2.46. The summed E-state index contributed by atoms with van der Waals surface area (Å²) in [6.07, 6.45) is -10.4. The number of carboxylic acid groups (broad SMARTS) is 1. The number of ether oxygens (including phenoxy) is 1. The van der Waals surface area contributed by atoms with Crippen molar-refractivity contribution in [3.05, 3.63) is 44.0 Å². The van der Waals surface area contributed by atoms with Gasteiger partial charge in [-0.2, -0.15) is 8.78 Å². The smallest absolute Gasteiger partial charge is 0.450 e. The first-order valence-corrected chi connectivity index (χ1v) is 5.47. The number of halogens is 4. The number of nitrogens with zero attached hydrogens (tertiary/aromatic N) is 2. The molecule has 1 unspecified atom stereocenters. The van der Waals surface area contributed by atoms with Gasteiger partial charge in [0.15, 0.2) is 5.56 Å². The van der Waals surface area contributed by atoms with Crippen molar-refractivity contribution in [2.75, 3.05) is 0 Å². The number of alkyl halides is 4. The molecule has 0 saturated carbocycles. The molecule has 0 heterocycles. The van der Waals surface area contributed by atoms with Crippen LogP contribution in [0, 0.1) is 20.2 Å². The number of nitro benzene ring substituents is 2. The molecule has 0 aliphatic rings. The topological polar surface area (TPSA) is 133 Å². The molecule has 0 saturated heterocycles. The Kier molecular flexibility index (Phi) is 5.03. The second-order valence-corrected chi connectivity index (χ2v) is 3.96. The van der Waals surface area contributed by atoms with E-state index in [2.05, 4.69) is 4.74 Å². The quantitative estimate of drug-likeness (QED) is 0.363. The molecule has 0 spiro atoms. The van der Waals surface area contributed by atoms with Crippen molar-refractivity contribution in [1.82, 2.24) is 0 Å². The van der Waals surface area contributed by atoms with Gasteiger partial charge in [0.25, 0.3) is 11.4 Å². The van der Waals surface area contributed by atoms with Gasteiger partial charge in [-0.1, -0.05) is 0 Å². The van der Waals surface area contributed by atoms with Crippen molar-refractivity contribution in [3.8, 4) is 0 Å². The first-order chi connectivity index (χ1) is 10.5. The predicted octanol–water partition coefficient (Wildman–Crippen LogP) is 3.14. The minimum Gasteiger partial charge on any atom is -0.450 e. The van der Waals surface area contributed by atoms with Crippen LogP contribution in [0.2, 0.25) is 0 Å². The Morgan fingerprint density at radius 1 is 1.17 bits per heavy atom. The van der Waals surface area contributed by atoms with E-state index in [1.165, 1.54) is 0 Å². The van der Waals surface area contributed by atoms with Crippen LogP contribution in [0.1, 0.15) is 11.7 Å². The fraction of sp³-hybridized carbons (Fsp3) is 0.300. The fourth-order valence-corrected chi connectivity index (χ4v) is 1.67. The summed E-state index contributed by atoms with van der Waals surface area (Å²) in [6.45, 7) is 0.